The van der Waals surface area contributed by atoms with Gasteiger partial charge in [-0.2, -0.15) is 0 Å². The Kier molecular flexibility index (Phi) is 3.67. The van der Waals surface area contributed by atoms with Crippen molar-refractivity contribution >= 4 is 17.9 Å². The first-order valence-electron chi connectivity index (χ1n) is 9.65. The van der Waals surface area contributed by atoms with Crippen LogP contribution >= 0.6 is 0 Å². The first kappa shape index (κ1) is 17.7. The van der Waals surface area contributed by atoms with E-state index in [9.17, 15) is 10.0 Å². The second-order valence-corrected chi connectivity index (χ2v) is 8.00. The van der Waals surface area contributed by atoms with E-state index in [1.165, 1.54) is 7.11 Å². The number of anilines is 1. The van der Waals surface area contributed by atoms with Gasteiger partial charge >= 0.3 is 5.97 Å². The number of ether oxygens (including phenoxy) is 3. The van der Waals surface area contributed by atoms with Crippen LogP contribution in [0, 0.1) is 17.0 Å². The first-order valence-corrected chi connectivity index (χ1v) is 9.65. The predicted molar refractivity (Wildman–Crippen MR) is 102 cm³/mol. The van der Waals surface area contributed by atoms with Gasteiger partial charge < -0.3 is 24.7 Å². The maximum Gasteiger partial charge on any atom is 0.310 e. The van der Waals surface area contributed by atoms with Crippen LogP contribution in [-0.2, 0) is 24.4 Å². The summed E-state index contributed by atoms with van der Waals surface area (Å²) in [6, 6.07) is 7.42. The van der Waals surface area contributed by atoms with E-state index in [1.807, 2.05) is 37.3 Å². The molecule has 0 radical (unpaired) electrons. The molecule has 3 heterocycles. The van der Waals surface area contributed by atoms with Crippen LogP contribution in [0.1, 0.15) is 25.3 Å². The highest BCUT2D eigenvalue weighted by molar-refractivity contribution is 5.85. The summed E-state index contributed by atoms with van der Waals surface area (Å²) in [5.74, 6) is -0.882. The molecule has 28 heavy (non-hydrogen) atoms. The van der Waals surface area contributed by atoms with E-state index in [0.29, 0.717) is 12.8 Å². The molecule has 7 nitrogen and oxygen atoms in total. The molecule has 0 amide bonds. The molecule has 0 spiro atoms. The number of fused-ring (bicyclic) bond motifs is 3. The summed E-state index contributed by atoms with van der Waals surface area (Å²) in [7, 11) is 3.01. The van der Waals surface area contributed by atoms with E-state index in [0.717, 1.165) is 21.6 Å². The first-order chi connectivity index (χ1) is 13.5. The Labute approximate surface area is 163 Å². The molecular weight excluding hydrogens is 360 g/mol. The summed E-state index contributed by atoms with van der Waals surface area (Å²) < 4.78 is 18.3. The summed E-state index contributed by atoms with van der Waals surface area (Å²) in [4.78, 5) is 13.2. The minimum atomic E-state index is -1.05. The van der Waals surface area contributed by atoms with Crippen molar-refractivity contribution in [2.24, 2.45) is 11.8 Å². The third-order valence-corrected chi connectivity index (χ3v) is 7.14. The molecule has 1 aromatic carbocycles. The van der Waals surface area contributed by atoms with Crippen molar-refractivity contribution in [2.75, 3.05) is 19.5 Å². The molecule has 7 heteroatoms. The van der Waals surface area contributed by atoms with Gasteiger partial charge in [0.15, 0.2) is 12.5 Å². The van der Waals surface area contributed by atoms with Crippen LogP contribution in [0.4, 0.5) is 5.69 Å². The Bertz CT molecular complexity index is 912. The van der Waals surface area contributed by atoms with Crippen molar-refractivity contribution in [1.82, 2.24) is 0 Å². The lowest BCUT2D eigenvalue weighted by Crippen LogP contribution is -2.71. The van der Waals surface area contributed by atoms with Gasteiger partial charge in [0.1, 0.15) is 0 Å². The number of nitrogens with zero attached hydrogens (tertiary/aromatic N) is 1. The molecule has 1 saturated carbocycles. The molecular formula is C21H24N2O5. The zero-order valence-corrected chi connectivity index (χ0v) is 16.2. The molecule has 3 aliphatic heterocycles. The van der Waals surface area contributed by atoms with Gasteiger partial charge in [0.25, 0.3) is 0 Å². The highest BCUT2D eigenvalue weighted by atomic mass is 16.7. The molecule has 1 N–H and O–H groups in total. The predicted octanol–water partition coefficient (Wildman–Crippen LogP) is 2.16. The fraction of sp³-hybridized carbons (Fsp3) is 0.524. The van der Waals surface area contributed by atoms with Crippen molar-refractivity contribution in [3.05, 3.63) is 46.7 Å². The molecule has 1 aliphatic carbocycles. The maximum atomic E-state index is 13.2. The molecule has 1 aromatic rings. The molecule has 2 bridgehead atoms. The van der Waals surface area contributed by atoms with Crippen LogP contribution < -0.4 is 5.32 Å². The third kappa shape index (κ3) is 1.86. The fourth-order valence-electron chi connectivity index (χ4n) is 6.13. The number of esters is 1. The Hall–Kier alpha value is -2.38. The van der Waals surface area contributed by atoms with E-state index >= 15 is 0 Å². The molecule has 0 aromatic heterocycles. The number of benzene rings is 1. The van der Waals surface area contributed by atoms with Gasteiger partial charge in [0, 0.05) is 37.1 Å². The van der Waals surface area contributed by atoms with Gasteiger partial charge in [-0.3, -0.25) is 4.79 Å². The van der Waals surface area contributed by atoms with E-state index in [2.05, 4.69) is 5.32 Å². The zero-order chi connectivity index (χ0) is 19.7. The molecule has 5 rings (SSSR count). The zero-order valence-electron chi connectivity index (χ0n) is 16.2. The van der Waals surface area contributed by atoms with Crippen molar-refractivity contribution < 1.29 is 23.7 Å². The van der Waals surface area contributed by atoms with Crippen molar-refractivity contribution in [1.29, 1.82) is 0 Å². The molecule has 1 saturated heterocycles. The van der Waals surface area contributed by atoms with Crippen molar-refractivity contribution in [3.8, 4) is 0 Å². The third-order valence-electron chi connectivity index (χ3n) is 7.14. The average molecular weight is 384 g/mol. The minimum Gasteiger partial charge on any atom is -0.623 e. The Morgan fingerprint density at radius 2 is 2.18 bits per heavy atom. The average Bonchev–Trinajstić information content (AvgIpc) is 3.19. The van der Waals surface area contributed by atoms with Gasteiger partial charge in [-0.25, -0.2) is 4.74 Å². The Morgan fingerprint density at radius 1 is 1.39 bits per heavy atom. The summed E-state index contributed by atoms with van der Waals surface area (Å²) in [5, 5.41) is 16.6. The number of allylic oxidation sites excluding steroid dienone is 2. The van der Waals surface area contributed by atoms with Gasteiger partial charge in [-0.1, -0.05) is 24.3 Å². The van der Waals surface area contributed by atoms with Gasteiger partial charge in [-0.05, 0) is 18.6 Å². The SMILES string of the molecule is CC=C1C=[N+]([O-])C2CC1C(C(=O)OC)C13CC(OC)OC21Nc1ccccc13. The van der Waals surface area contributed by atoms with Crippen LogP contribution in [0.3, 0.4) is 0 Å². The van der Waals surface area contributed by atoms with Crippen LogP contribution in [0.15, 0.2) is 35.9 Å². The second-order valence-electron chi connectivity index (χ2n) is 8.00. The van der Waals surface area contributed by atoms with Crippen LogP contribution in [0.2, 0.25) is 0 Å². The highest BCUT2D eigenvalue weighted by Crippen LogP contribution is 2.67. The lowest BCUT2D eigenvalue weighted by Gasteiger charge is -2.53. The molecule has 148 valence electrons. The van der Waals surface area contributed by atoms with E-state index in [1.54, 1.807) is 13.3 Å². The van der Waals surface area contributed by atoms with E-state index in [-0.39, 0.29) is 11.9 Å². The van der Waals surface area contributed by atoms with Crippen molar-refractivity contribution in [2.45, 2.75) is 43.2 Å². The summed E-state index contributed by atoms with van der Waals surface area (Å²) >= 11 is 0. The number of carbonyl (C=O) groups excluding carboxylic acids is 1. The maximum absolute atomic E-state index is 13.2. The normalized spacial score (nSPS) is 41.5. The molecule has 6 unspecified atom stereocenters. The smallest absolute Gasteiger partial charge is 0.310 e. The van der Waals surface area contributed by atoms with Crippen LogP contribution in [0.5, 0.6) is 0 Å². The summed E-state index contributed by atoms with van der Waals surface area (Å²) in [6.45, 7) is 1.90. The van der Waals surface area contributed by atoms with Crippen LogP contribution in [0.25, 0.3) is 0 Å². The highest BCUT2D eigenvalue weighted by Gasteiger charge is 2.79. The summed E-state index contributed by atoms with van der Waals surface area (Å²) in [6.07, 6.45) is 3.99. The fourth-order valence-corrected chi connectivity index (χ4v) is 6.13. The number of para-hydroxylation sites is 1. The standard InChI is InChI=1S/C21H24N2O5/c1-4-12-11-23(25)16-9-13(12)18(19(24)27-3)20-10-17(26-2)28-21(16,20)22-15-8-6-5-7-14(15)20/h4-8,11,13,16-18,22H,9-10H2,1-3H3. The molecule has 6 atom stereocenters. The lowest BCUT2D eigenvalue weighted by atomic mass is 9.52. The quantitative estimate of drug-likeness (QED) is 0.478. The number of hydrogen-bond acceptors (Lipinski definition) is 6. The van der Waals surface area contributed by atoms with Gasteiger partial charge in [0.05, 0.1) is 18.4 Å². The lowest BCUT2D eigenvalue weighted by molar-refractivity contribution is -0.536. The number of nitrogens with one attached hydrogen (secondary N) is 1. The topological polar surface area (TPSA) is 82.9 Å². The van der Waals surface area contributed by atoms with Crippen molar-refractivity contribution in [3.63, 3.8) is 0 Å². The largest absolute Gasteiger partial charge is 0.623 e. The number of hydrogen-bond donors (Lipinski definition) is 1. The van der Waals surface area contributed by atoms with Crippen LogP contribution in [-0.4, -0.2) is 49.2 Å². The number of carbonyl (C=O) groups is 1. The van der Waals surface area contributed by atoms with Gasteiger partial charge in [0.2, 0.25) is 11.8 Å². The molecule has 4 aliphatic rings. The Balaban J connectivity index is 1.84. The number of rotatable bonds is 2. The Morgan fingerprint density at radius 3 is 2.89 bits per heavy atom. The monoisotopic (exact) mass is 384 g/mol. The van der Waals surface area contributed by atoms with Gasteiger partial charge in [-0.15, -0.1) is 0 Å². The minimum absolute atomic E-state index is 0.118. The second kappa shape index (κ2) is 5.81. The summed E-state index contributed by atoms with van der Waals surface area (Å²) in [5.41, 5.74) is 0.953. The molecule has 2 fully saturated rings. The van der Waals surface area contributed by atoms with E-state index in [4.69, 9.17) is 14.2 Å². The number of hydroxylamine groups is 1. The van der Waals surface area contributed by atoms with E-state index < -0.39 is 29.4 Å². The number of methoxy groups -OCH3 is 2.